The fraction of sp³-hybridized carbons (Fsp3) is 1.00. The van der Waals surface area contributed by atoms with Crippen LogP contribution in [0, 0.1) is 0 Å². The Morgan fingerprint density at radius 3 is 2.21 bits per heavy atom. The topological polar surface area (TPSA) is 21.3 Å². The largest absolute Gasteiger partial charge is 0.389 e. The summed E-state index contributed by atoms with van der Waals surface area (Å²) in [5.41, 5.74) is -0.393. The first-order valence-electron chi connectivity index (χ1n) is 7.23. The summed E-state index contributed by atoms with van der Waals surface area (Å²) < 4.78 is 42.5. The van der Waals surface area contributed by atoms with Crippen LogP contribution in [0.3, 0.4) is 0 Å². The van der Waals surface area contributed by atoms with Gasteiger partial charge in [0, 0.05) is 19.1 Å². The SMILES string of the molecule is CCCNC(CCCC(F)(F)F)C(C)(CC)OCC. The molecule has 0 rings (SSSR count). The highest BCUT2D eigenvalue weighted by Gasteiger charge is 2.34. The van der Waals surface area contributed by atoms with Crippen molar-refractivity contribution >= 4 is 0 Å². The molecule has 0 aromatic carbocycles. The Balaban J connectivity index is 4.51. The first-order chi connectivity index (χ1) is 8.79. The number of alkyl halides is 3. The standard InChI is InChI=1S/C14H28F3NO/c1-5-11-18-12(9-8-10-14(15,16)17)13(4,6-2)19-7-3/h12,18H,5-11H2,1-4H3. The van der Waals surface area contributed by atoms with Gasteiger partial charge in [0.05, 0.1) is 5.60 Å². The van der Waals surface area contributed by atoms with Gasteiger partial charge in [-0.1, -0.05) is 13.8 Å². The zero-order valence-electron chi connectivity index (χ0n) is 12.6. The van der Waals surface area contributed by atoms with Gasteiger partial charge in [-0.3, -0.25) is 0 Å². The predicted octanol–water partition coefficient (Wildman–Crippen LogP) is 4.29. The summed E-state index contributed by atoms with van der Waals surface area (Å²) in [7, 11) is 0. The summed E-state index contributed by atoms with van der Waals surface area (Å²) in [4.78, 5) is 0. The van der Waals surface area contributed by atoms with Gasteiger partial charge >= 0.3 is 6.18 Å². The monoisotopic (exact) mass is 283 g/mol. The molecule has 2 unspecified atom stereocenters. The van der Waals surface area contributed by atoms with E-state index in [-0.39, 0.29) is 12.5 Å². The van der Waals surface area contributed by atoms with E-state index in [1.165, 1.54) is 0 Å². The van der Waals surface area contributed by atoms with Crippen LogP contribution < -0.4 is 5.32 Å². The van der Waals surface area contributed by atoms with E-state index < -0.39 is 18.2 Å². The van der Waals surface area contributed by atoms with E-state index in [9.17, 15) is 13.2 Å². The molecule has 0 bridgehead atoms. The van der Waals surface area contributed by atoms with Crippen molar-refractivity contribution < 1.29 is 17.9 Å². The number of ether oxygens (including phenoxy) is 1. The Hall–Kier alpha value is -0.290. The molecule has 0 spiro atoms. The van der Waals surface area contributed by atoms with Crippen LogP contribution in [0.2, 0.25) is 0 Å². The molecular weight excluding hydrogens is 255 g/mol. The third-order valence-corrected chi connectivity index (χ3v) is 3.51. The van der Waals surface area contributed by atoms with E-state index in [1.807, 2.05) is 27.7 Å². The second kappa shape index (κ2) is 8.80. The van der Waals surface area contributed by atoms with Crippen LogP contribution in [0.1, 0.15) is 59.8 Å². The molecule has 0 aliphatic heterocycles. The number of hydrogen-bond acceptors (Lipinski definition) is 2. The Morgan fingerprint density at radius 2 is 1.79 bits per heavy atom. The van der Waals surface area contributed by atoms with Gasteiger partial charge < -0.3 is 10.1 Å². The zero-order valence-corrected chi connectivity index (χ0v) is 12.6. The molecule has 0 amide bonds. The van der Waals surface area contributed by atoms with E-state index in [0.29, 0.717) is 13.0 Å². The van der Waals surface area contributed by atoms with E-state index in [0.717, 1.165) is 19.4 Å². The molecule has 5 heteroatoms. The van der Waals surface area contributed by atoms with Crippen molar-refractivity contribution in [3.8, 4) is 0 Å². The van der Waals surface area contributed by atoms with Crippen LogP contribution in [0.5, 0.6) is 0 Å². The van der Waals surface area contributed by atoms with Crippen molar-refractivity contribution in [3.05, 3.63) is 0 Å². The fourth-order valence-corrected chi connectivity index (χ4v) is 2.23. The van der Waals surface area contributed by atoms with E-state index in [4.69, 9.17) is 4.74 Å². The molecular formula is C14H28F3NO. The van der Waals surface area contributed by atoms with Gasteiger partial charge in [0.2, 0.25) is 0 Å². The summed E-state index contributed by atoms with van der Waals surface area (Å²) in [6, 6.07) is -0.0280. The first kappa shape index (κ1) is 18.7. The van der Waals surface area contributed by atoms with Crippen molar-refractivity contribution in [2.24, 2.45) is 0 Å². The highest BCUT2D eigenvalue weighted by molar-refractivity contribution is 4.88. The zero-order chi connectivity index (χ0) is 14.9. The molecule has 0 aliphatic rings. The lowest BCUT2D eigenvalue weighted by molar-refractivity contribution is -0.137. The number of rotatable bonds is 10. The molecule has 2 nitrogen and oxygen atoms in total. The van der Waals surface area contributed by atoms with Gasteiger partial charge in [-0.05, 0) is 46.1 Å². The highest BCUT2D eigenvalue weighted by atomic mass is 19.4. The van der Waals surface area contributed by atoms with Crippen LogP contribution in [-0.2, 0) is 4.74 Å². The van der Waals surface area contributed by atoms with Crippen LogP contribution >= 0.6 is 0 Å². The summed E-state index contributed by atoms with van der Waals surface area (Å²) >= 11 is 0. The van der Waals surface area contributed by atoms with Crippen molar-refractivity contribution in [1.29, 1.82) is 0 Å². The minimum Gasteiger partial charge on any atom is -0.374 e. The van der Waals surface area contributed by atoms with Gasteiger partial charge in [0.25, 0.3) is 0 Å². The molecule has 0 saturated carbocycles. The molecule has 0 aromatic rings. The molecule has 0 saturated heterocycles. The average molecular weight is 283 g/mol. The van der Waals surface area contributed by atoms with Gasteiger partial charge in [0.15, 0.2) is 0 Å². The minimum absolute atomic E-state index is 0.0280. The van der Waals surface area contributed by atoms with Crippen LogP contribution in [0.25, 0.3) is 0 Å². The van der Waals surface area contributed by atoms with Crippen molar-refractivity contribution in [2.45, 2.75) is 77.6 Å². The van der Waals surface area contributed by atoms with Crippen molar-refractivity contribution in [3.63, 3.8) is 0 Å². The smallest absolute Gasteiger partial charge is 0.374 e. The van der Waals surface area contributed by atoms with Crippen LogP contribution in [-0.4, -0.2) is 31.0 Å². The lowest BCUT2D eigenvalue weighted by Crippen LogP contribution is -2.50. The molecule has 0 aliphatic carbocycles. The summed E-state index contributed by atoms with van der Waals surface area (Å²) in [5.74, 6) is 0. The Labute approximate surface area is 115 Å². The van der Waals surface area contributed by atoms with Crippen LogP contribution in [0.4, 0.5) is 13.2 Å². The highest BCUT2D eigenvalue weighted by Crippen LogP contribution is 2.27. The third-order valence-electron chi connectivity index (χ3n) is 3.51. The molecule has 1 N–H and O–H groups in total. The Bertz CT molecular complexity index is 233. The normalized spacial score (nSPS) is 17.2. The summed E-state index contributed by atoms with van der Waals surface area (Å²) in [6.45, 7) is 9.34. The second-order valence-electron chi connectivity index (χ2n) is 5.11. The molecule has 0 aromatic heterocycles. The fourth-order valence-electron chi connectivity index (χ4n) is 2.23. The van der Waals surface area contributed by atoms with Gasteiger partial charge in [-0.25, -0.2) is 0 Å². The van der Waals surface area contributed by atoms with Crippen molar-refractivity contribution in [2.75, 3.05) is 13.2 Å². The van der Waals surface area contributed by atoms with Crippen LogP contribution in [0.15, 0.2) is 0 Å². The predicted molar refractivity (Wildman–Crippen MR) is 72.3 cm³/mol. The maximum atomic E-state index is 12.2. The third kappa shape index (κ3) is 7.78. The average Bonchev–Trinajstić information content (AvgIpc) is 2.32. The molecule has 0 heterocycles. The maximum Gasteiger partial charge on any atom is 0.389 e. The second-order valence-corrected chi connectivity index (χ2v) is 5.11. The lowest BCUT2D eigenvalue weighted by Gasteiger charge is -2.37. The summed E-state index contributed by atoms with van der Waals surface area (Å²) in [5, 5.41) is 3.34. The summed E-state index contributed by atoms with van der Waals surface area (Å²) in [6.07, 6.45) is -2.40. The van der Waals surface area contributed by atoms with Gasteiger partial charge in [-0.2, -0.15) is 13.2 Å². The molecule has 2 atom stereocenters. The number of halogens is 3. The molecule has 116 valence electrons. The molecule has 19 heavy (non-hydrogen) atoms. The molecule has 0 radical (unpaired) electrons. The van der Waals surface area contributed by atoms with Gasteiger partial charge in [0.1, 0.15) is 0 Å². The maximum absolute atomic E-state index is 12.2. The van der Waals surface area contributed by atoms with Gasteiger partial charge in [-0.15, -0.1) is 0 Å². The Kier molecular flexibility index (Phi) is 8.66. The van der Waals surface area contributed by atoms with E-state index in [2.05, 4.69) is 5.32 Å². The van der Waals surface area contributed by atoms with Crippen molar-refractivity contribution in [1.82, 2.24) is 5.32 Å². The number of nitrogens with one attached hydrogen (secondary N) is 1. The van der Waals surface area contributed by atoms with E-state index in [1.54, 1.807) is 0 Å². The van der Waals surface area contributed by atoms with E-state index >= 15 is 0 Å². The Morgan fingerprint density at radius 1 is 1.16 bits per heavy atom. The quantitative estimate of drug-likeness (QED) is 0.645. The number of hydrogen-bond donors (Lipinski definition) is 1. The first-order valence-corrected chi connectivity index (χ1v) is 7.23. The molecule has 0 fully saturated rings. The minimum atomic E-state index is -4.07. The lowest BCUT2D eigenvalue weighted by atomic mass is 9.89.